The van der Waals surface area contributed by atoms with Crippen molar-refractivity contribution >= 4 is 23.2 Å². The molecule has 21 heavy (non-hydrogen) atoms. The number of benzene rings is 1. The number of amides is 1. The van der Waals surface area contributed by atoms with Crippen LogP contribution < -0.4 is 5.32 Å². The van der Waals surface area contributed by atoms with Crippen LogP contribution in [0.4, 0.5) is 0 Å². The fraction of sp³-hybridized carbons (Fsp3) is 0.200. The van der Waals surface area contributed by atoms with Gasteiger partial charge in [-0.05, 0) is 17.0 Å². The number of nitrogens with one attached hydrogen (secondary N) is 1. The molecule has 1 amide bonds. The van der Waals surface area contributed by atoms with E-state index in [0.717, 1.165) is 10.4 Å². The van der Waals surface area contributed by atoms with Crippen molar-refractivity contribution in [2.24, 2.45) is 0 Å². The van der Waals surface area contributed by atoms with Gasteiger partial charge in [0.1, 0.15) is 13.2 Å². The Kier molecular flexibility index (Phi) is 5.48. The lowest BCUT2D eigenvalue weighted by molar-refractivity contribution is -0.143. The Hall–Kier alpha value is -2.18. The molecule has 0 spiro atoms. The van der Waals surface area contributed by atoms with Gasteiger partial charge in [-0.3, -0.25) is 4.79 Å². The van der Waals surface area contributed by atoms with E-state index in [-0.39, 0.29) is 18.6 Å². The number of rotatable bonds is 7. The highest BCUT2D eigenvalue weighted by atomic mass is 32.1. The molecule has 0 radical (unpaired) electrons. The van der Waals surface area contributed by atoms with Crippen LogP contribution in [0.2, 0.25) is 0 Å². The van der Waals surface area contributed by atoms with E-state index in [1.165, 1.54) is 0 Å². The molecule has 0 saturated carbocycles. The second kappa shape index (κ2) is 7.56. The molecule has 110 valence electrons. The zero-order valence-corrected chi connectivity index (χ0v) is 12.0. The summed E-state index contributed by atoms with van der Waals surface area (Å²) < 4.78 is 4.80. The Balaban J connectivity index is 2.04. The van der Waals surface area contributed by atoms with Crippen LogP contribution in [0.1, 0.15) is 16.5 Å². The number of carboxylic acid groups (broad SMARTS) is 1. The van der Waals surface area contributed by atoms with Gasteiger partial charge < -0.3 is 15.2 Å². The SMILES string of the molecule is O=C(O)COCC(=O)NC(c1ccccc1)c1cccs1. The van der Waals surface area contributed by atoms with E-state index < -0.39 is 12.6 Å². The van der Waals surface area contributed by atoms with E-state index in [4.69, 9.17) is 9.84 Å². The fourth-order valence-corrected chi connectivity index (χ4v) is 2.66. The molecule has 0 bridgehead atoms. The number of carboxylic acids is 1. The Labute approximate surface area is 126 Å². The summed E-state index contributed by atoms with van der Waals surface area (Å²) in [7, 11) is 0. The van der Waals surface area contributed by atoms with Crippen LogP contribution in [-0.4, -0.2) is 30.2 Å². The number of thiophene rings is 1. The van der Waals surface area contributed by atoms with Crippen molar-refractivity contribution in [3.8, 4) is 0 Å². The second-order valence-corrected chi connectivity index (χ2v) is 5.29. The number of aliphatic carboxylic acids is 1. The van der Waals surface area contributed by atoms with Crippen LogP contribution >= 0.6 is 11.3 Å². The molecule has 1 atom stereocenters. The lowest BCUT2D eigenvalue weighted by Crippen LogP contribution is -2.32. The molecule has 1 unspecified atom stereocenters. The van der Waals surface area contributed by atoms with E-state index in [1.807, 2.05) is 47.8 Å². The van der Waals surface area contributed by atoms with E-state index in [2.05, 4.69) is 5.32 Å². The molecule has 0 aliphatic heterocycles. The van der Waals surface area contributed by atoms with Gasteiger partial charge in [0.15, 0.2) is 0 Å². The molecule has 1 aromatic heterocycles. The number of ether oxygens (including phenoxy) is 1. The zero-order chi connectivity index (χ0) is 15.1. The first-order valence-corrected chi connectivity index (χ1v) is 7.22. The van der Waals surface area contributed by atoms with Gasteiger partial charge in [-0.25, -0.2) is 4.79 Å². The van der Waals surface area contributed by atoms with Crippen molar-refractivity contribution in [1.29, 1.82) is 0 Å². The van der Waals surface area contributed by atoms with Crippen molar-refractivity contribution in [3.05, 3.63) is 58.3 Å². The summed E-state index contributed by atoms with van der Waals surface area (Å²) in [6, 6.07) is 13.2. The first kappa shape index (κ1) is 15.2. The van der Waals surface area contributed by atoms with Gasteiger partial charge in [0.05, 0.1) is 6.04 Å². The molecule has 6 heteroatoms. The predicted molar refractivity (Wildman–Crippen MR) is 79.2 cm³/mol. The van der Waals surface area contributed by atoms with Gasteiger partial charge in [0.25, 0.3) is 0 Å². The lowest BCUT2D eigenvalue weighted by atomic mass is 10.1. The third-order valence-corrected chi connectivity index (χ3v) is 3.66. The van der Waals surface area contributed by atoms with E-state index in [0.29, 0.717) is 0 Å². The number of carbonyl (C=O) groups is 2. The quantitative estimate of drug-likeness (QED) is 0.821. The zero-order valence-electron chi connectivity index (χ0n) is 11.2. The number of hydrogen-bond donors (Lipinski definition) is 2. The van der Waals surface area contributed by atoms with E-state index in [1.54, 1.807) is 11.3 Å². The molecule has 5 nitrogen and oxygen atoms in total. The highest BCUT2D eigenvalue weighted by Crippen LogP contribution is 2.25. The largest absolute Gasteiger partial charge is 0.480 e. The Morgan fingerprint density at radius 3 is 2.52 bits per heavy atom. The molecule has 0 saturated heterocycles. The molecule has 1 heterocycles. The molecular weight excluding hydrogens is 290 g/mol. The Morgan fingerprint density at radius 2 is 1.90 bits per heavy atom. The van der Waals surface area contributed by atoms with Crippen LogP contribution in [0.3, 0.4) is 0 Å². The van der Waals surface area contributed by atoms with E-state index >= 15 is 0 Å². The van der Waals surface area contributed by atoms with Crippen LogP contribution in [0, 0.1) is 0 Å². The topological polar surface area (TPSA) is 75.6 Å². The Morgan fingerprint density at radius 1 is 1.14 bits per heavy atom. The van der Waals surface area contributed by atoms with Crippen molar-refractivity contribution in [1.82, 2.24) is 5.32 Å². The summed E-state index contributed by atoms with van der Waals surface area (Å²) in [5.41, 5.74) is 0.964. The van der Waals surface area contributed by atoms with Crippen molar-refractivity contribution < 1.29 is 19.4 Å². The summed E-state index contributed by atoms with van der Waals surface area (Å²) in [5, 5.41) is 13.3. The first-order valence-electron chi connectivity index (χ1n) is 6.34. The molecule has 0 aliphatic rings. The minimum atomic E-state index is -1.10. The summed E-state index contributed by atoms with van der Waals surface area (Å²) in [6.45, 7) is -0.760. The van der Waals surface area contributed by atoms with Crippen molar-refractivity contribution in [2.45, 2.75) is 6.04 Å². The second-order valence-electron chi connectivity index (χ2n) is 4.31. The third-order valence-electron chi connectivity index (χ3n) is 2.72. The lowest BCUT2D eigenvalue weighted by Gasteiger charge is -2.18. The van der Waals surface area contributed by atoms with E-state index in [9.17, 15) is 9.59 Å². The van der Waals surface area contributed by atoms with Gasteiger partial charge in [-0.2, -0.15) is 0 Å². The standard InChI is InChI=1S/C15H15NO4S/c17-13(9-20-10-14(18)19)16-15(12-7-4-8-21-12)11-5-2-1-3-6-11/h1-8,15H,9-10H2,(H,16,17)(H,18,19). The number of hydrogen-bond acceptors (Lipinski definition) is 4. The van der Waals surface area contributed by atoms with Crippen molar-refractivity contribution in [3.63, 3.8) is 0 Å². The first-order chi connectivity index (χ1) is 10.2. The minimum Gasteiger partial charge on any atom is -0.480 e. The molecule has 2 N–H and O–H groups in total. The predicted octanol–water partition coefficient (Wildman–Crippen LogP) is 2.05. The summed E-state index contributed by atoms with van der Waals surface area (Å²) in [6.07, 6.45) is 0. The smallest absolute Gasteiger partial charge is 0.329 e. The highest BCUT2D eigenvalue weighted by Gasteiger charge is 2.17. The van der Waals surface area contributed by atoms with Crippen LogP contribution in [0.5, 0.6) is 0 Å². The summed E-state index contributed by atoms with van der Waals surface area (Å²) in [4.78, 5) is 23.2. The number of carbonyl (C=O) groups excluding carboxylic acids is 1. The van der Waals surface area contributed by atoms with Crippen LogP contribution in [0.15, 0.2) is 47.8 Å². The van der Waals surface area contributed by atoms with Gasteiger partial charge in [-0.1, -0.05) is 36.4 Å². The summed E-state index contributed by atoms with van der Waals surface area (Å²) >= 11 is 1.55. The summed E-state index contributed by atoms with van der Waals surface area (Å²) in [5.74, 6) is -1.45. The highest BCUT2D eigenvalue weighted by molar-refractivity contribution is 7.10. The molecule has 1 aromatic carbocycles. The average molecular weight is 305 g/mol. The minimum absolute atomic E-state index is 0.257. The van der Waals surface area contributed by atoms with Gasteiger partial charge in [0.2, 0.25) is 5.91 Å². The molecular formula is C15H15NO4S. The maximum Gasteiger partial charge on any atom is 0.329 e. The monoisotopic (exact) mass is 305 g/mol. The van der Waals surface area contributed by atoms with Crippen LogP contribution in [-0.2, 0) is 14.3 Å². The van der Waals surface area contributed by atoms with Gasteiger partial charge in [0, 0.05) is 4.88 Å². The van der Waals surface area contributed by atoms with Gasteiger partial charge in [-0.15, -0.1) is 11.3 Å². The van der Waals surface area contributed by atoms with Gasteiger partial charge >= 0.3 is 5.97 Å². The molecule has 0 aliphatic carbocycles. The maximum atomic E-state index is 11.9. The van der Waals surface area contributed by atoms with Crippen molar-refractivity contribution in [2.75, 3.05) is 13.2 Å². The molecule has 2 rings (SSSR count). The third kappa shape index (κ3) is 4.70. The molecule has 2 aromatic rings. The van der Waals surface area contributed by atoms with Crippen LogP contribution in [0.25, 0.3) is 0 Å². The molecule has 0 fully saturated rings. The normalized spacial score (nSPS) is 11.8. The maximum absolute atomic E-state index is 11.9. The Bertz CT molecular complexity index is 583. The fourth-order valence-electron chi connectivity index (χ4n) is 1.85. The average Bonchev–Trinajstić information content (AvgIpc) is 2.99.